The predicted molar refractivity (Wildman–Crippen MR) is 80.8 cm³/mol. The van der Waals surface area contributed by atoms with Crippen LogP contribution in [0.2, 0.25) is 0 Å². The molecule has 1 aromatic heterocycles. The third kappa shape index (κ3) is 5.60. The summed E-state index contributed by atoms with van der Waals surface area (Å²) in [5.74, 6) is 2.67. The van der Waals surface area contributed by atoms with Crippen LogP contribution < -0.4 is 5.32 Å². The quantitative estimate of drug-likeness (QED) is 0.843. The molecule has 2 heterocycles. The minimum absolute atomic E-state index is 0. The fourth-order valence-electron chi connectivity index (χ4n) is 1.97. The lowest BCUT2D eigenvalue weighted by molar-refractivity contribution is 0.477. The third-order valence-corrected chi connectivity index (χ3v) is 4.96. The molecule has 0 amide bonds. The standard InChI is InChI=1S/C12H20N2S2.ClH/c1-10-9-16-12(14-10)3-2-6-13-11-4-7-15-8-5-11;/h9,11,13H,2-8H2,1H3;1H. The molecule has 0 unspecified atom stereocenters. The van der Waals surface area contributed by atoms with Crippen LogP contribution in [0.4, 0.5) is 0 Å². The minimum atomic E-state index is 0. The highest BCUT2D eigenvalue weighted by molar-refractivity contribution is 7.99. The van der Waals surface area contributed by atoms with Gasteiger partial charge >= 0.3 is 0 Å². The first-order chi connectivity index (χ1) is 7.84. The highest BCUT2D eigenvalue weighted by Crippen LogP contribution is 2.17. The van der Waals surface area contributed by atoms with Gasteiger partial charge in [0.15, 0.2) is 0 Å². The van der Waals surface area contributed by atoms with Gasteiger partial charge in [-0.15, -0.1) is 23.7 Å². The van der Waals surface area contributed by atoms with E-state index in [1.165, 1.54) is 35.8 Å². The van der Waals surface area contributed by atoms with Gasteiger partial charge in [0.25, 0.3) is 0 Å². The lowest BCUT2D eigenvalue weighted by Crippen LogP contribution is -2.33. The molecule has 1 N–H and O–H groups in total. The van der Waals surface area contributed by atoms with E-state index >= 15 is 0 Å². The molecule has 17 heavy (non-hydrogen) atoms. The molecule has 0 radical (unpaired) electrons. The molecule has 0 saturated carbocycles. The van der Waals surface area contributed by atoms with Crippen molar-refractivity contribution in [3.8, 4) is 0 Å². The van der Waals surface area contributed by atoms with E-state index in [1.54, 1.807) is 11.3 Å². The van der Waals surface area contributed by atoms with E-state index in [0.29, 0.717) is 0 Å². The molecule has 1 fully saturated rings. The first-order valence-electron chi connectivity index (χ1n) is 6.07. The Kier molecular flexibility index (Phi) is 7.51. The number of hydrogen-bond donors (Lipinski definition) is 1. The van der Waals surface area contributed by atoms with Crippen LogP contribution in [-0.2, 0) is 6.42 Å². The summed E-state index contributed by atoms with van der Waals surface area (Å²) < 4.78 is 0. The zero-order valence-electron chi connectivity index (χ0n) is 10.3. The maximum absolute atomic E-state index is 4.48. The number of hydrogen-bond acceptors (Lipinski definition) is 4. The summed E-state index contributed by atoms with van der Waals surface area (Å²) in [6.07, 6.45) is 5.05. The number of thiazole rings is 1. The highest BCUT2D eigenvalue weighted by atomic mass is 35.5. The molecule has 0 atom stereocenters. The van der Waals surface area contributed by atoms with Gasteiger partial charge in [-0.1, -0.05) is 0 Å². The Bertz CT molecular complexity index is 311. The maximum Gasteiger partial charge on any atom is 0.0928 e. The van der Waals surface area contributed by atoms with Gasteiger partial charge in [0.2, 0.25) is 0 Å². The fourth-order valence-corrected chi connectivity index (χ4v) is 3.89. The van der Waals surface area contributed by atoms with Crippen LogP contribution in [0.1, 0.15) is 30.0 Å². The fraction of sp³-hybridized carbons (Fsp3) is 0.750. The van der Waals surface area contributed by atoms with Gasteiger partial charge in [-0.25, -0.2) is 4.98 Å². The lowest BCUT2D eigenvalue weighted by Gasteiger charge is -2.22. The van der Waals surface area contributed by atoms with Gasteiger partial charge in [0.05, 0.1) is 5.01 Å². The summed E-state index contributed by atoms with van der Waals surface area (Å²) in [6, 6.07) is 0.777. The molecule has 1 saturated heterocycles. The number of aryl methyl sites for hydroxylation is 2. The van der Waals surface area contributed by atoms with Crippen LogP contribution in [0.25, 0.3) is 0 Å². The number of thioether (sulfide) groups is 1. The molecule has 0 aliphatic carbocycles. The topological polar surface area (TPSA) is 24.9 Å². The van der Waals surface area contributed by atoms with Crippen molar-refractivity contribution in [2.24, 2.45) is 0 Å². The van der Waals surface area contributed by atoms with Crippen molar-refractivity contribution in [2.75, 3.05) is 18.1 Å². The van der Waals surface area contributed by atoms with Crippen LogP contribution >= 0.6 is 35.5 Å². The molecule has 2 nitrogen and oxygen atoms in total. The van der Waals surface area contributed by atoms with E-state index in [9.17, 15) is 0 Å². The van der Waals surface area contributed by atoms with Crippen molar-refractivity contribution >= 4 is 35.5 Å². The smallest absolute Gasteiger partial charge is 0.0928 e. The number of halogens is 1. The van der Waals surface area contributed by atoms with Gasteiger partial charge in [0.1, 0.15) is 0 Å². The molecule has 1 aromatic rings. The van der Waals surface area contributed by atoms with Crippen molar-refractivity contribution in [1.82, 2.24) is 10.3 Å². The monoisotopic (exact) mass is 292 g/mol. The van der Waals surface area contributed by atoms with Gasteiger partial charge in [0, 0.05) is 23.5 Å². The summed E-state index contributed by atoms with van der Waals surface area (Å²) in [5.41, 5.74) is 1.16. The van der Waals surface area contributed by atoms with Gasteiger partial charge in [-0.2, -0.15) is 11.8 Å². The van der Waals surface area contributed by atoms with Crippen molar-refractivity contribution in [3.05, 3.63) is 16.1 Å². The molecule has 0 aromatic carbocycles. The Morgan fingerprint density at radius 3 is 2.82 bits per heavy atom. The minimum Gasteiger partial charge on any atom is -0.314 e. The lowest BCUT2D eigenvalue weighted by atomic mass is 10.1. The van der Waals surface area contributed by atoms with E-state index in [2.05, 4.69) is 34.4 Å². The Morgan fingerprint density at radius 2 is 2.18 bits per heavy atom. The molecular weight excluding hydrogens is 272 g/mol. The van der Waals surface area contributed by atoms with Crippen LogP contribution in [0.3, 0.4) is 0 Å². The second-order valence-corrected chi connectivity index (χ2v) is 6.49. The van der Waals surface area contributed by atoms with E-state index in [-0.39, 0.29) is 12.4 Å². The Labute approximate surface area is 118 Å². The van der Waals surface area contributed by atoms with Crippen molar-refractivity contribution in [1.29, 1.82) is 0 Å². The van der Waals surface area contributed by atoms with E-state index in [0.717, 1.165) is 24.7 Å². The molecule has 1 aliphatic heterocycles. The second-order valence-electron chi connectivity index (χ2n) is 4.33. The van der Waals surface area contributed by atoms with E-state index in [1.807, 2.05) is 0 Å². The SMILES string of the molecule is Cc1csc(CCCNC2CCSCC2)n1.Cl. The van der Waals surface area contributed by atoms with Crippen molar-refractivity contribution in [2.45, 2.75) is 38.6 Å². The molecule has 5 heteroatoms. The van der Waals surface area contributed by atoms with Crippen LogP contribution in [0, 0.1) is 6.92 Å². The normalized spacial score (nSPS) is 16.8. The number of nitrogens with zero attached hydrogens (tertiary/aromatic N) is 1. The number of aromatic nitrogens is 1. The Hall–Kier alpha value is 0.230. The first kappa shape index (κ1) is 15.3. The van der Waals surface area contributed by atoms with Crippen LogP contribution in [-0.4, -0.2) is 29.1 Å². The Balaban J connectivity index is 0.00000144. The molecule has 0 bridgehead atoms. The average Bonchev–Trinajstić information content (AvgIpc) is 2.72. The highest BCUT2D eigenvalue weighted by Gasteiger charge is 2.12. The molecule has 98 valence electrons. The molecule has 0 spiro atoms. The summed E-state index contributed by atoms with van der Waals surface area (Å²) in [6.45, 7) is 3.21. The Morgan fingerprint density at radius 1 is 1.41 bits per heavy atom. The summed E-state index contributed by atoms with van der Waals surface area (Å²) in [5, 5.41) is 7.09. The zero-order chi connectivity index (χ0) is 11.2. The molecular formula is C12H21ClN2S2. The first-order valence-corrected chi connectivity index (χ1v) is 8.10. The molecule has 1 aliphatic rings. The molecule has 2 rings (SSSR count). The van der Waals surface area contributed by atoms with E-state index < -0.39 is 0 Å². The van der Waals surface area contributed by atoms with Gasteiger partial charge in [-0.3, -0.25) is 0 Å². The second kappa shape index (κ2) is 8.35. The van der Waals surface area contributed by atoms with Gasteiger partial charge < -0.3 is 5.32 Å². The summed E-state index contributed by atoms with van der Waals surface area (Å²) in [4.78, 5) is 4.48. The average molecular weight is 293 g/mol. The largest absolute Gasteiger partial charge is 0.314 e. The van der Waals surface area contributed by atoms with E-state index in [4.69, 9.17) is 0 Å². The number of nitrogens with one attached hydrogen (secondary N) is 1. The van der Waals surface area contributed by atoms with Crippen LogP contribution in [0.15, 0.2) is 5.38 Å². The van der Waals surface area contributed by atoms with Crippen molar-refractivity contribution < 1.29 is 0 Å². The van der Waals surface area contributed by atoms with Crippen molar-refractivity contribution in [3.63, 3.8) is 0 Å². The van der Waals surface area contributed by atoms with Crippen LogP contribution in [0.5, 0.6) is 0 Å². The maximum atomic E-state index is 4.48. The third-order valence-electron chi connectivity index (χ3n) is 2.89. The summed E-state index contributed by atoms with van der Waals surface area (Å²) in [7, 11) is 0. The predicted octanol–water partition coefficient (Wildman–Crippen LogP) is 3.29. The van der Waals surface area contributed by atoms with Gasteiger partial charge in [-0.05, 0) is 44.2 Å². The zero-order valence-corrected chi connectivity index (χ0v) is 12.7. The summed E-state index contributed by atoms with van der Waals surface area (Å²) >= 11 is 3.88. The number of rotatable bonds is 5.